The van der Waals surface area contributed by atoms with Crippen molar-refractivity contribution in [3.8, 4) is 17.2 Å². The molecule has 1 aliphatic heterocycles. The summed E-state index contributed by atoms with van der Waals surface area (Å²) < 4.78 is 39.9. The number of ether oxygens (including phenoxy) is 3. The number of halogens is 2. The third-order valence-corrected chi connectivity index (χ3v) is 4.60. The van der Waals surface area contributed by atoms with E-state index in [0.29, 0.717) is 19.5 Å². The van der Waals surface area contributed by atoms with Crippen molar-refractivity contribution in [2.45, 2.75) is 25.9 Å². The van der Waals surface area contributed by atoms with Crippen molar-refractivity contribution in [2.75, 3.05) is 26.8 Å². The van der Waals surface area contributed by atoms with Crippen molar-refractivity contribution < 1.29 is 27.8 Å². The molecule has 3 rings (SSSR count). The first kappa shape index (κ1) is 20.7. The highest BCUT2D eigenvalue weighted by atomic mass is 19.3. The fourth-order valence-corrected chi connectivity index (χ4v) is 3.16. The number of carbonyl (C=O) groups is 1. The molecule has 2 aromatic carbocycles. The van der Waals surface area contributed by atoms with E-state index in [0.717, 1.165) is 36.3 Å². The van der Waals surface area contributed by atoms with Gasteiger partial charge in [0.1, 0.15) is 5.75 Å². The van der Waals surface area contributed by atoms with E-state index < -0.39 is 6.61 Å². The highest BCUT2D eigenvalue weighted by Gasteiger charge is 2.13. The molecule has 0 fully saturated rings. The van der Waals surface area contributed by atoms with Crippen LogP contribution in [0, 0.1) is 0 Å². The fourth-order valence-electron chi connectivity index (χ4n) is 3.16. The number of alkyl halides is 2. The molecule has 0 bridgehead atoms. The average molecular weight is 406 g/mol. The normalized spacial score (nSPS) is 12.3. The Labute approximate surface area is 168 Å². The Morgan fingerprint density at radius 2 is 1.76 bits per heavy atom. The van der Waals surface area contributed by atoms with Crippen molar-refractivity contribution in [3.05, 3.63) is 53.1 Å². The van der Waals surface area contributed by atoms with E-state index >= 15 is 0 Å². The Bertz CT molecular complexity index is 845. The quantitative estimate of drug-likeness (QED) is 0.671. The summed E-state index contributed by atoms with van der Waals surface area (Å²) >= 11 is 0. The fraction of sp³-hybridized carbons (Fsp3) is 0.381. The van der Waals surface area contributed by atoms with E-state index in [9.17, 15) is 13.6 Å². The van der Waals surface area contributed by atoms with E-state index in [-0.39, 0.29) is 17.5 Å². The lowest BCUT2D eigenvalue weighted by molar-refractivity contribution is -0.0512. The van der Waals surface area contributed by atoms with E-state index in [1.54, 1.807) is 12.1 Å². The molecule has 2 amide bonds. The molecule has 0 atom stereocenters. The van der Waals surface area contributed by atoms with Gasteiger partial charge in [-0.15, -0.1) is 0 Å². The first-order valence-electron chi connectivity index (χ1n) is 9.43. The second-order valence-corrected chi connectivity index (χ2v) is 6.59. The van der Waals surface area contributed by atoms with Gasteiger partial charge in [-0.3, -0.25) is 0 Å². The van der Waals surface area contributed by atoms with Gasteiger partial charge in [-0.1, -0.05) is 18.2 Å². The van der Waals surface area contributed by atoms with Crippen LogP contribution in [-0.2, 0) is 19.3 Å². The Hall–Kier alpha value is -3.03. The molecule has 0 spiro atoms. The van der Waals surface area contributed by atoms with Crippen molar-refractivity contribution in [3.63, 3.8) is 0 Å². The lowest BCUT2D eigenvalue weighted by atomic mass is 10.1. The van der Waals surface area contributed by atoms with Gasteiger partial charge in [-0.25, -0.2) is 4.79 Å². The van der Waals surface area contributed by atoms with Gasteiger partial charge < -0.3 is 24.8 Å². The minimum Gasteiger partial charge on any atom is -0.493 e. The van der Waals surface area contributed by atoms with Crippen LogP contribution in [0.15, 0.2) is 36.4 Å². The summed E-state index contributed by atoms with van der Waals surface area (Å²) in [6, 6.07) is 10.6. The molecule has 0 radical (unpaired) electrons. The van der Waals surface area contributed by atoms with Crippen molar-refractivity contribution in [2.24, 2.45) is 0 Å². The monoisotopic (exact) mass is 406 g/mol. The highest BCUT2D eigenvalue weighted by Crippen LogP contribution is 2.29. The maximum absolute atomic E-state index is 12.5. The summed E-state index contributed by atoms with van der Waals surface area (Å²) in [5, 5.41) is 5.57. The Balaban J connectivity index is 1.39. The number of hydrogen-bond acceptors (Lipinski definition) is 4. The van der Waals surface area contributed by atoms with Crippen molar-refractivity contribution in [1.82, 2.24) is 10.6 Å². The lowest BCUT2D eigenvalue weighted by Crippen LogP contribution is -2.37. The molecule has 8 heteroatoms. The van der Waals surface area contributed by atoms with Crippen molar-refractivity contribution >= 4 is 6.03 Å². The van der Waals surface area contributed by atoms with Crippen LogP contribution >= 0.6 is 0 Å². The molecule has 2 aromatic rings. The van der Waals surface area contributed by atoms with Crippen LogP contribution in [0.25, 0.3) is 0 Å². The molecule has 6 nitrogen and oxygen atoms in total. The lowest BCUT2D eigenvalue weighted by Gasteiger charge is -2.12. The van der Waals surface area contributed by atoms with E-state index in [4.69, 9.17) is 9.47 Å². The molecule has 2 N–H and O–H groups in total. The number of nitrogens with one attached hydrogen (secondary N) is 2. The molecule has 0 saturated heterocycles. The number of rotatable bonds is 9. The molecule has 1 aliphatic rings. The third kappa shape index (κ3) is 5.97. The second kappa shape index (κ2) is 9.95. The van der Waals surface area contributed by atoms with Crippen LogP contribution in [0.5, 0.6) is 17.2 Å². The molecular formula is C21H24F2N2O4. The zero-order valence-electron chi connectivity index (χ0n) is 16.2. The Morgan fingerprint density at radius 1 is 1.07 bits per heavy atom. The van der Waals surface area contributed by atoms with Gasteiger partial charge in [0.05, 0.1) is 13.7 Å². The molecule has 0 aliphatic carbocycles. The maximum atomic E-state index is 12.5. The summed E-state index contributed by atoms with van der Waals surface area (Å²) in [4.78, 5) is 11.9. The molecule has 0 unspecified atom stereocenters. The van der Waals surface area contributed by atoms with Gasteiger partial charge in [-0.05, 0) is 47.7 Å². The highest BCUT2D eigenvalue weighted by molar-refractivity contribution is 5.73. The van der Waals surface area contributed by atoms with E-state index in [1.807, 2.05) is 12.1 Å². The van der Waals surface area contributed by atoms with Crippen LogP contribution in [0.1, 0.15) is 16.7 Å². The topological polar surface area (TPSA) is 68.8 Å². The number of urea groups is 1. The summed E-state index contributed by atoms with van der Waals surface area (Å²) in [7, 11) is 1.38. The predicted molar refractivity (Wildman–Crippen MR) is 104 cm³/mol. The summed E-state index contributed by atoms with van der Waals surface area (Å²) in [5.41, 5.74) is 3.11. The largest absolute Gasteiger partial charge is 0.493 e. The first-order valence-corrected chi connectivity index (χ1v) is 9.43. The zero-order chi connectivity index (χ0) is 20.6. The van der Waals surface area contributed by atoms with Crippen LogP contribution in [0.2, 0.25) is 0 Å². The van der Waals surface area contributed by atoms with E-state index in [2.05, 4.69) is 21.4 Å². The molecule has 156 valence electrons. The number of fused-ring (bicyclic) bond motifs is 1. The Kier molecular flexibility index (Phi) is 7.10. The number of carbonyl (C=O) groups excluding carboxylic acids is 1. The number of methoxy groups -OCH3 is 1. The number of benzene rings is 2. The van der Waals surface area contributed by atoms with Gasteiger partial charge in [-0.2, -0.15) is 8.78 Å². The molecule has 0 saturated carbocycles. The molecule has 0 aromatic heterocycles. The van der Waals surface area contributed by atoms with Crippen LogP contribution in [0.4, 0.5) is 13.6 Å². The average Bonchev–Trinajstić information content (AvgIpc) is 3.16. The molecule has 29 heavy (non-hydrogen) atoms. The van der Waals surface area contributed by atoms with Gasteiger partial charge in [0.2, 0.25) is 0 Å². The maximum Gasteiger partial charge on any atom is 0.387 e. The zero-order valence-corrected chi connectivity index (χ0v) is 16.2. The van der Waals surface area contributed by atoms with Gasteiger partial charge >= 0.3 is 12.6 Å². The van der Waals surface area contributed by atoms with Gasteiger partial charge in [0.15, 0.2) is 11.5 Å². The van der Waals surface area contributed by atoms with Crippen LogP contribution in [-0.4, -0.2) is 39.4 Å². The number of amides is 2. The van der Waals surface area contributed by atoms with Crippen LogP contribution in [0.3, 0.4) is 0 Å². The van der Waals surface area contributed by atoms with Crippen molar-refractivity contribution in [1.29, 1.82) is 0 Å². The molecular weight excluding hydrogens is 382 g/mol. The third-order valence-electron chi connectivity index (χ3n) is 4.60. The minimum atomic E-state index is -2.93. The van der Waals surface area contributed by atoms with Gasteiger partial charge in [0.25, 0.3) is 0 Å². The minimum absolute atomic E-state index is 0.0239. The summed E-state index contributed by atoms with van der Waals surface area (Å²) in [6.07, 6.45) is 2.13. The molecule has 1 heterocycles. The first-order chi connectivity index (χ1) is 14.0. The predicted octanol–water partition coefficient (Wildman–Crippen LogP) is 3.32. The SMILES string of the molecule is COc1ccc(CCNC(=O)NCCc2ccc3c(c2)CCO3)cc1OC(F)F. The van der Waals surface area contributed by atoms with Gasteiger partial charge in [0, 0.05) is 19.5 Å². The van der Waals surface area contributed by atoms with E-state index in [1.165, 1.54) is 18.7 Å². The standard InChI is InChI=1S/C21H24F2N2O4/c1-27-18-5-3-15(13-19(18)29-20(22)23)7-10-25-21(26)24-9-6-14-2-4-17-16(12-14)8-11-28-17/h2-5,12-13,20H,6-11H2,1H3,(H2,24,25,26). The second-order valence-electron chi connectivity index (χ2n) is 6.59. The number of hydrogen-bond donors (Lipinski definition) is 2. The smallest absolute Gasteiger partial charge is 0.387 e. The summed E-state index contributed by atoms with van der Waals surface area (Å²) in [5.74, 6) is 1.15. The Morgan fingerprint density at radius 3 is 2.45 bits per heavy atom. The summed E-state index contributed by atoms with van der Waals surface area (Å²) in [6.45, 7) is -1.33. The van der Waals surface area contributed by atoms with Crippen LogP contribution < -0.4 is 24.8 Å².